The third-order valence-corrected chi connectivity index (χ3v) is 6.08. The van der Waals surface area contributed by atoms with Gasteiger partial charge in [-0.25, -0.2) is 4.79 Å². The Bertz CT molecular complexity index is 1060. The van der Waals surface area contributed by atoms with Crippen molar-refractivity contribution in [3.05, 3.63) is 70.8 Å². The summed E-state index contributed by atoms with van der Waals surface area (Å²) < 4.78 is 5.33. The minimum absolute atomic E-state index is 0.0576. The summed E-state index contributed by atoms with van der Waals surface area (Å²) in [5.74, 6) is -0.550. The van der Waals surface area contributed by atoms with Crippen LogP contribution in [-0.4, -0.2) is 40.5 Å². The Labute approximate surface area is 208 Å². The Kier molecular flexibility index (Phi) is 8.20. The predicted octanol–water partition coefficient (Wildman–Crippen LogP) is 4.57. The molecule has 3 amide bonds. The molecule has 2 N–H and O–H groups in total. The Hall–Kier alpha value is -3.35. The van der Waals surface area contributed by atoms with E-state index in [4.69, 9.17) is 4.74 Å². The number of ether oxygens (including phenoxy) is 1. The first kappa shape index (κ1) is 26.3. The van der Waals surface area contributed by atoms with Crippen molar-refractivity contribution in [3.8, 4) is 0 Å². The number of benzene rings is 2. The second-order valence-corrected chi connectivity index (χ2v) is 10.2. The summed E-state index contributed by atoms with van der Waals surface area (Å²) in [5, 5.41) is 5.67. The molecule has 1 saturated carbocycles. The third-order valence-electron chi connectivity index (χ3n) is 6.08. The second kappa shape index (κ2) is 10.9. The van der Waals surface area contributed by atoms with E-state index in [0.717, 1.165) is 35.1 Å². The lowest BCUT2D eigenvalue weighted by Crippen LogP contribution is -2.52. The smallest absolute Gasteiger partial charge is 0.408 e. The summed E-state index contributed by atoms with van der Waals surface area (Å²) in [4.78, 5) is 41.4. The largest absolute Gasteiger partial charge is 0.444 e. The molecule has 35 heavy (non-hydrogen) atoms. The fourth-order valence-electron chi connectivity index (χ4n) is 4.01. The van der Waals surface area contributed by atoms with Gasteiger partial charge in [0.05, 0.1) is 0 Å². The molecule has 1 aliphatic rings. The molecule has 0 bridgehead atoms. The zero-order valence-electron chi connectivity index (χ0n) is 21.6. The highest BCUT2D eigenvalue weighted by Crippen LogP contribution is 2.37. The van der Waals surface area contributed by atoms with Gasteiger partial charge < -0.3 is 20.3 Å². The van der Waals surface area contributed by atoms with Gasteiger partial charge in [0.15, 0.2) is 0 Å². The Morgan fingerprint density at radius 3 is 2.29 bits per heavy atom. The normalized spacial score (nSPS) is 15.0. The summed E-state index contributed by atoms with van der Waals surface area (Å²) in [6, 6.07) is 13.8. The molecule has 0 aliphatic heterocycles. The highest BCUT2D eigenvalue weighted by molar-refractivity contribution is 5.92. The third kappa shape index (κ3) is 7.07. The van der Waals surface area contributed by atoms with Gasteiger partial charge in [-0.05, 0) is 76.6 Å². The number of hydrogen-bond acceptors (Lipinski definition) is 4. The molecule has 2 unspecified atom stereocenters. The Morgan fingerprint density at radius 1 is 1.03 bits per heavy atom. The summed E-state index contributed by atoms with van der Waals surface area (Å²) in [6.07, 6.45) is 0.974. The standard InChI is InChI=1S/C28H37N3O4/c1-18-11-10-14-23(19(18)2)24(25(32)29-17-21-12-8-7-9-13-21)31(22-15-16-22)26(33)20(3)30-27(34)35-28(4,5)6/h7-14,20,22,24H,15-17H2,1-6H3,(H,29,32)(H,30,34). The maximum atomic E-state index is 13.7. The van der Waals surface area contributed by atoms with Crippen LogP contribution >= 0.6 is 0 Å². The first-order chi connectivity index (χ1) is 16.5. The minimum Gasteiger partial charge on any atom is -0.444 e. The predicted molar refractivity (Wildman–Crippen MR) is 136 cm³/mol. The Balaban J connectivity index is 1.89. The number of nitrogens with one attached hydrogen (secondary N) is 2. The lowest BCUT2D eigenvalue weighted by Gasteiger charge is -2.34. The summed E-state index contributed by atoms with van der Waals surface area (Å²) >= 11 is 0. The first-order valence-corrected chi connectivity index (χ1v) is 12.2. The number of aryl methyl sites for hydroxylation is 1. The molecular weight excluding hydrogens is 442 g/mol. The van der Waals surface area contributed by atoms with Crippen LogP contribution < -0.4 is 10.6 Å². The van der Waals surface area contributed by atoms with Gasteiger partial charge in [-0.3, -0.25) is 9.59 Å². The first-order valence-electron chi connectivity index (χ1n) is 12.2. The molecule has 0 spiro atoms. The van der Waals surface area contributed by atoms with Crippen molar-refractivity contribution in [2.45, 2.75) is 84.7 Å². The second-order valence-electron chi connectivity index (χ2n) is 10.2. The van der Waals surface area contributed by atoms with Crippen molar-refractivity contribution in [2.24, 2.45) is 0 Å². The van der Waals surface area contributed by atoms with E-state index in [1.54, 1.807) is 32.6 Å². The molecule has 0 radical (unpaired) electrons. The van der Waals surface area contributed by atoms with Crippen molar-refractivity contribution in [1.82, 2.24) is 15.5 Å². The van der Waals surface area contributed by atoms with E-state index in [-0.39, 0.29) is 17.9 Å². The van der Waals surface area contributed by atoms with Gasteiger partial charge in [0.1, 0.15) is 17.7 Å². The van der Waals surface area contributed by atoms with Crippen LogP contribution in [0.5, 0.6) is 0 Å². The molecule has 2 atom stereocenters. The fraction of sp³-hybridized carbons (Fsp3) is 0.464. The molecule has 7 heteroatoms. The van der Waals surface area contributed by atoms with Crippen molar-refractivity contribution >= 4 is 17.9 Å². The van der Waals surface area contributed by atoms with Crippen LogP contribution in [0.25, 0.3) is 0 Å². The maximum Gasteiger partial charge on any atom is 0.408 e. The van der Waals surface area contributed by atoms with Gasteiger partial charge >= 0.3 is 6.09 Å². The quantitative estimate of drug-likeness (QED) is 0.581. The summed E-state index contributed by atoms with van der Waals surface area (Å²) in [7, 11) is 0. The molecule has 2 aromatic carbocycles. The molecule has 0 aromatic heterocycles. The van der Waals surface area contributed by atoms with Crippen molar-refractivity contribution < 1.29 is 19.1 Å². The monoisotopic (exact) mass is 479 g/mol. The molecular formula is C28H37N3O4. The molecule has 3 rings (SSSR count). The van der Waals surface area contributed by atoms with E-state index < -0.39 is 23.8 Å². The number of hydrogen-bond donors (Lipinski definition) is 2. The van der Waals surface area contributed by atoms with Gasteiger partial charge in [-0.1, -0.05) is 48.5 Å². The zero-order chi connectivity index (χ0) is 25.8. The summed E-state index contributed by atoms with van der Waals surface area (Å²) in [5.41, 5.74) is 3.11. The number of carbonyl (C=O) groups is 3. The van der Waals surface area contributed by atoms with Crippen molar-refractivity contribution in [2.75, 3.05) is 0 Å². The summed E-state index contributed by atoms with van der Waals surface area (Å²) in [6.45, 7) is 11.3. The number of alkyl carbamates (subject to hydrolysis) is 1. The highest BCUT2D eigenvalue weighted by atomic mass is 16.6. The van der Waals surface area contributed by atoms with E-state index >= 15 is 0 Å². The number of amides is 3. The average molecular weight is 480 g/mol. The van der Waals surface area contributed by atoms with Crippen LogP contribution in [0.3, 0.4) is 0 Å². The SMILES string of the molecule is Cc1cccc(C(C(=O)NCc2ccccc2)N(C(=O)C(C)NC(=O)OC(C)(C)C)C2CC2)c1C. The molecule has 1 fully saturated rings. The van der Waals surface area contributed by atoms with Gasteiger partial charge in [0, 0.05) is 12.6 Å². The number of carbonyl (C=O) groups excluding carboxylic acids is 3. The lowest BCUT2D eigenvalue weighted by atomic mass is 9.95. The fourth-order valence-corrected chi connectivity index (χ4v) is 4.01. The van der Waals surface area contributed by atoms with Crippen molar-refractivity contribution in [3.63, 3.8) is 0 Å². The molecule has 7 nitrogen and oxygen atoms in total. The van der Waals surface area contributed by atoms with Crippen LogP contribution in [-0.2, 0) is 20.9 Å². The van der Waals surface area contributed by atoms with Gasteiger partial charge in [-0.15, -0.1) is 0 Å². The van der Waals surface area contributed by atoms with E-state index in [9.17, 15) is 14.4 Å². The van der Waals surface area contributed by atoms with Gasteiger partial charge in [0.25, 0.3) is 0 Å². The minimum atomic E-state index is -0.847. The van der Waals surface area contributed by atoms with Crippen LogP contribution in [0, 0.1) is 13.8 Å². The molecule has 0 saturated heterocycles. The lowest BCUT2D eigenvalue weighted by molar-refractivity contribution is -0.143. The van der Waals surface area contributed by atoms with Gasteiger partial charge in [0.2, 0.25) is 11.8 Å². The van der Waals surface area contributed by atoms with Gasteiger partial charge in [-0.2, -0.15) is 0 Å². The zero-order valence-corrected chi connectivity index (χ0v) is 21.6. The van der Waals surface area contributed by atoms with Crippen LogP contribution in [0.1, 0.15) is 68.8 Å². The average Bonchev–Trinajstić information content (AvgIpc) is 3.62. The maximum absolute atomic E-state index is 13.7. The molecule has 2 aromatic rings. The number of rotatable bonds is 8. The van der Waals surface area contributed by atoms with E-state index in [1.165, 1.54) is 0 Å². The topological polar surface area (TPSA) is 87.7 Å². The van der Waals surface area contributed by atoms with Crippen molar-refractivity contribution in [1.29, 1.82) is 0 Å². The van der Waals surface area contributed by atoms with E-state index in [1.807, 2.05) is 62.4 Å². The molecule has 1 aliphatic carbocycles. The van der Waals surface area contributed by atoms with Crippen LogP contribution in [0.4, 0.5) is 4.79 Å². The van der Waals surface area contributed by atoms with E-state index in [2.05, 4.69) is 10.6 Å². The van der Waals surface area contributed by atoms with Crippen LogP contribution in [0.15, 0.2) is 48.5 Å². The van der Waals surface area contributed by atoms with Crippen LogP contribution in [0.2, 0.25) is 0 Å². The number of nitrogens with zero attached hydrogens (tertiary/aromatic N) is 1. The highest BCUT2D eigenvalue weighted by Gasteiger charge is 2.43. The van der Waals surface area contributed by atoms with E-state index in [0.29, 0.717) is 6.54 Å². The molecule has 188 valence electrons. The molecule has 0 heterocycles. The Morgan fingerprint density at radius 2 is 1.69 bits per heavy atom.